The molecule has 0 bridgehead atoms. The number of halogens is 1. The highest BCUT2D eigenvalue weighted by Gasteiger charge is 2.42. The maximum atomic E-state index is 5.90. The molecule has 172 valence electrons. The lowest BCUT2D eigenvalue weighted by molar-refractivity contribution is 0.565. The number of benzene rings is 1. The van der Waals surface area contributed by atoms with Gasteiger partial charge in [-0.05, 0) is 99.1 Å². The van der Waals surface area contributed by atoms with Gasteiger partial charge in [0.1, 0.15) is 5.82 Å². The molecule has 0 spiro atoms. The number of anilines is 1. The minimum Gasteiger partial charge on any atom is -0.351 e. The van der Waals surface area contributed by atoms with E-state index in [2.05, 4.69) is 106 Å². The van der Waals surface area contributed by atoms with Crippen LogP contribution in [0.2, 0.25) is 0 Å². The Morgan fingerprint density at radius 3 is 2.47 bits per heavy atom. The fourth-order valence-corrected chi connectivity index (χ4v) is 5.35. The largest absolute Gasteiger partial charge is 0.351 e. The summed E-state index contributed by atoms with van der Waals surface area (Å²) in [5.41, 5.74) is 7.80. The second-order valence-corrected chi connectivity index (χ2v) is 10.0. The molecule has 4 aromatic rings. The second kappa shape index (κ2) is 8.96. The van der Waals surface area contributed by atoms with Crippen molar-refractivity contribution in [1.29, 1.82) is 0 Å². The van der Waals surface area contributed by atoms with E-state index >= 15 is 0 Å². The maximum Gasteiger partial charge on any atom is 0.174 e. The van der Waals surface area contributed by atoms with Crippen LogP contribution in [0.15, 0.2) is 71.5 Å². The number of aryl methyl sites for hydroxylation is 3. The van der Waals surface area contributed by atoms with Crippen molar-refractivity contribution in [3.8, 4) is 5.82 Å². The molecule has 7 heteroatoms. The molecule has 4 heterocycles. The normalized spacial score (nSPS) is 17.8. The van der Waals surface area contributed by atoms with E-state index in [4.69, 9.17) is 17.2 Å². The van der Waals surface area contributed by atoms with Gasteiger partial charge in [-0.1, -0.05) is 28.1 Å². The van der Waals surface area contributed by atoms with Gasteiger partial charge in [-0.2, -0.15) is 0 Å². The van der Waals surface area contributed by atoms with Crippen LogP contribution < -0.4 is 10.2 Å². The van der Waals surface area contributed by atoms with Crippen LogP contribution in [0, 0.1) is 27.7 Å². The summed E-state index contributed by atoms with van der Waals surface area (Å²) in [6.07, 6.45) is 3.75. The summed E-state index contributed by atoms with van der Waals surface area (Å²) in [5.74, 6) is 0.917. The average Bonchev–Trinajstić information content (AvgIpc) is 3.32. The predicted molar refractivity (Wildman–Crippen MR) is 145 cm³/mol. The molecule has 0 aliphatic carbocycles. The summed E-state index contributed by atoms with van der Waals surface area (Å²) in [4.78, 5) is 11.6. The average molecular weight is 533 g/mol. The van der Waals surface area contributed by atoms with Crippen LogP contribution in [0.3, 0.4) is 0 Å². The molecular weight excluding hydrogens is 506 g/mol. The van der Waals surface area contributed by atoms with Crippen molar-refractivity contribution < 1.29 is 0 Å². The number of hydrogen-bond donors (Lipinski definition) is 1. The zero-order chi connectivity index (χ0) is 24.0. The fourth-order valence-electron chi connectivity index (χ4n) is 4.76. The van der Waals surface area contributed by atoms with Crippen molar-refractivity contribution in [3.63, 3.8) is 0 Å². The Morgan fingerprint density at radius 2 is 1.79 bits per heavy atom. The van der Waals surface area contributed by atoms with Crippen molar-refractivity contribution >= 4 is 38.9 Å². The first kappa shape index (κ1) is 22.7. The molecule has 5 rings (SSSR count). The molecule has 1 saturated heterocycles. The summed E-state index contributed by atoms with van der Waals surface area (Å²) in [5, 5.41) is 4.26. The van der Waals surface area contributed by atoms with Crippen LogP contribution in [0.4, 0.5) is 5.69 Å². The molecule has 0 amide bonds. The number of thiocarbonyl (C=S) groups is 1. The number of rotatable bonds is 4. The van der Waals surface area contributed by atoms with E-state index in [1.807, 2.05) is 24.5 Å². The SMILES string of the molecule is Cc1ccc(-n2c(C)cc([C@H]3[C@@H](c4ccccn4)NC(=S)N3c3ccc(Br)c(C)c3)c2C)nc1. The van der Waals surface area contributed by atoms with Gasteiger partial charge in [0.15, 0.2) is 5.11 Å². The van der Waals surface area contributed by atoms with Gasteiger partial charge in [0.2, 0.25) is 0 Å². The Morgan fingerprint density at radius 1 is 0.971 bits per heavy atom. The summed E-state index contributed by atoms with van der Waals surface area (Å²) < 4.78 is 3.30. The maximum absolute atomic E-state index is 5.90. The lowest BCUT2D eigenvalue weighted by atomic mass is 9.96. The molecular formula is C27H26BrN5S. The van der Waals surface area contributed by atoms with Crippen molar-refractivity contribution in [3.05, 3.63) is 105 Å². The fraction of sp³-hybridized carbons (Fsp3) is 0.222. The molecule has 0 saturated carbocycles. The molecule has 1 N–H and O–H groups in total. The lowest BCUT2D eigenvalue weighted by Gasteiger charge is -2.28. The third-order valence-corrected chi connectivity index (χ3v) is 7.64. The molecule has 1 aliphatic heterocycles. The van der Waals surface area contributed by atoms with Crippen LogP contribution >= 0.6 is 28.1 Å². The van der Waals surface area contributed by atoms with E-state index in [-0.39, 0.29) is 12.1 Å². The van der Waals surface area contributed by atoms with E-state index in [0.717, 1.165) is 44.2 Å². The van der Waals surface area contributed by atoms with Gasteiger partial charge in [0.05, 0.1) is 17.8 Å². The van der Waals surface area contributed by atoms with Gasteiger partial charge in [0, 0.05) is 33.9 Å². The minimum atomic E-state index is -0.0856. The molecule has 1 aliphatic rings. The summed E-state index contributed by atoms with van der Waals surface area (Å²) in [7, 11) is 0. The molecule has 3 aromatic heterocycles. The third kappa shape index (κ3) is 3.93. The topological polar surface area (TPSA) is 46.0 Å². The molecule has 0 radical (unpaired) electrons. The smallest absolute Gasteiger partial charge is 0.174 e. The number of hydrogen-bond acceptors (Lipinski definition) is 3. The predicted octanol–water partition coefficient (Wildman–Crippen LogP) is 6.44. The minimum absolute atomic E-state index is 0.0617. The Balaban J connectivity index is 1.68. The number of aromatic nitrogens is 3. The Bertz CT molecular complexity index is 1360. The van der Waals surface area contributed by atoms with Crippen molar-refractivity contribution in [2.45, 2.75) is 39.8 Å². The van der Waals surface area contributed by atoms with Gasteiger partial charge in [0.25, 0.3) is 0 Å². The molecule has 1 aromatic carbocycles. The zero-order valence-electron chi connectivity index (χ0n) is 19.6. The van der Waals surface area contributed by atoms with E-state index in [1.54, 1.807) is 0 Å². The van der Waals surface area contributed by atoms with Gasteiger partial charge in [-0.25, -0.2) is 4.98 Å². The zero-order valence-corrected chi connectivity index (χ0v) is 22.0. The molecule has 5 nitrogen and oxygen atoms in total. The first-order chi connectivity index (χ1) is 16.3. The van der Waals surface area contributed by atoms with E-state index < -0.39 is 0 Å². The Labute approximate surface area is 214 Å². The highest BCUT2D eigenvalue weighted by Crippen LogP contribution is 2.44. The lowest BCUT2D eigenvalue weighted by Crippen LogP contribution is -2.29. The third-order valence-electron chi connectivity index (χ3n) is 6.43. The van der Waals surface area contributed by atoms with Gasteiger partial charge < -0.3 is 14.8 Å². The molecule has 2 atom stereocenters. The first-order valence-electron chi connectivity index (χ1n) is 11.2. The monoisotopic (exact) mass is 531 g/mol. The Hall–Kier alpha value is -3.03. The quantitative estimate of drug-likeness (QED) is 0.307. The summed E-state index contributed by atoms with van der Waals surface area (Å²) in [6, 6.07) is 18.7. The van der Waals surface area contributed by atoms with Gasteiger partial charge in [-0.3, -0.25) is 4.98 Å². The number of nitrogens with zero attached hydrogens (tertiary/aromatic N) is 4. The van der Waals surface area contributed by atoms with E-state index in [0.29, 0.717) is 5.11 Å². The van der Waals surface area contributed by atoms with E-state index in [9.17, 15) is 0 Å². The number of nitrogens with one attached hydrogen (secondary N) is 1. The molecule has 0 unspecified atom stereocenters. The Kier molecular flexibility index (Phi) is 6.00. The highest BCUT2D eigenvalue weighted by atomic mass is 79.9. The highest BCUT2D eigenvalue weighted by molar-refractivity contribution is 9.10. The van der Waals surface area contributed by atoms with Crippen LogP contribution in [-0.4, -0.2) is 19.6 Å². The van der Waals surface area contributed by atoms with Gasteiger partial charge >= 0.3 is 0 Å². The second-order valence-electron chi connectivity index (χ2n) is 8.79. The molecule has 1 fully saturated rings. The summed E-state index contributed by atoms with van der Waals surface area (Å²) >= 11 is 9.53. The van der Waals surface area contributed by atoms with Gasteiger partial charge in [-0.15, -0.1) is 0 Å². The molecule has 34 heavy (non-hydrogen) atoms. The van der Waals surface area contributed by atoms with Crippen molar-refractivity contribution in [2.24, 2.45) is 0 Å². The van der Waals surface area contributed by atoms with Crippen molar-refractivity contribution in [1.82, 2.24) is 19.9 Å². The van der Waals surface area contributed by atoms with E-state index in [1.165, 1.54) is 5.56 Å². The van der Waals surface area contributed by atoms with Crippen LogP contribution in [-0.2, 0) is 0 Å². The number of pyridine rings is 2. The van der Waals surface area contributed by atoms with Crippen LogP contribution in [0.1, 0.15) is 45.9 Å². The van der Waals surface area contributed by atoms with Crippen LogP contribution in [0.5, 0.6) is 0 Å². The summed E-state index contributed by atoms with van der Waals surface area (Å²) in [6.45, 7) is 8.44. The van der Waals surface area contributed by atoms with Crippen LogP contribution in [0.25, 0.3) is 5.82 Å². The standard InChI is InChI=1S/C27H26BrN5S/c1-16-8-11-24(30-15-16)32-18(3)14-21(19(32)4)26-25(23-7-5-6-12-29-23)31-27(34)33(26)20-9-10-22(28)17(2)13-20/h5-15,25-26H,1-4H3,(H,31,34)/t25-,26+/m1/s1. The van der Waals surface area contributed by atoms with Crippen molar-refractivity contribution in [2.75, 3.05) is 4.90 Å². The first-order valence-corrected chi connectivity index (χ1v) is 12.4.